The molecule has 150 heavy (non-hydrogen) atoms. The van der Waals surface area contributed by atoms with E-state index in [0.717, 1.165) is 111 Å². The van der Waals surface area contributed by atoms with E-state index in [1.165, 1.54) is 44.2 Å². The molecule has 25 atom stereocenters. The van der Waals surface area contributed by atoms with Crippen molar-refractivity contribution >= 4 is 103 Å². The molecule has 7 aromatic rings. The fourth-order valence-corrected chi connectivity index (χ4v) is 18.5. The van der Waals surface area contributed by atoms with Crippen LogP contribution in [0.4, 0.5) is 0 Å². The van der Waals surface area contributed by atoms with E-state index in [-0.39, 0.29) is 41.0 Å². The molecule has 49 nitrogen and oxygen atoms in total. The lowest BCUT2D eigenvalue weighted by Gasteiger charge is -2.44. The quantitative estimate of drug-likeness (QED) is 0.0113. The first-order valence-corrected chi connectivity index (χ1v) is 48.9. The van der Waals surface area contributed by atoms with Gasteiger partial charge in [0, 0.05) is 55.0 Å². The van der Waals surface area contributed by atoms with Gasteiger partial charge >= 0.3 is 20.6 Å². The Morgan fingerprint density at radius 3 is 1.75 bits per heavy atom. The zero-order valence-corrected chi connectivity index (χ0v) is 83.1. The number of rotatable bonds is 27. The summed E-state index contributed by atoms with van der Waals surface area (Å²) in [6, 6.07) is -0.399. The zero-order valence-electron chi connectivity index (χ0n) is 80.6. The van der Waals surface area contributed by atoms with Crippen LogP contribution in [0.15, 0.2) is 115 Å². The standard InChI is InChI=1S/C98H112Cl2N10O37.HO2P/c1-39(2)11-9-7-6-8-10-12-66(119)105-77-83(127)81(125)65(38-138-69(122)34-98(4,5)33-67(120)104-68(121)37-113)145-96(77)147-87-61-28-46-29-62(87)141-58-20-16-44(26-53(58)100)86(146-95-76(102-40(3)114)82(126)79(123)63(35-111)143-95)78-93(135)109-75(94(136)137)51-31-48(116)32-60(142-97-85(129)84(128)80(124)64(36-112)144-97)70(51)50-25-43(15-17-55(50)117)72(90(132)110-78)107-92(134)74(46)108-91(133)73-45-23-47(115)30-49(24-45)139-59-27-42(14-18-56(59)118)71(101)89(131)103-54(88(130)106-73)22-41-13-19-57(140-61)52(99)21-41;1-3-2/h13-21,23-32,37,39,54,63-65,68,71-86,95-97,111-112,115-118,121,123-129H,6-12,22,33-36,38,101H2,1-5H3,(H,102,114)(H,103,131)(H,104,120)(H,105,119)(H,106,130)(H,107,134)(H,108,133)(H,109,135)(H,110,132)(H,136,137);3H/p+1/t54-,63-,64-,65-,68?,71-,72-,73+,74-,75-,76-,77-,78+,79-,80-,81-,82-,83-,84+,85+,86-,95+,96+,97+;/m1./s1. The smallest absolute Gasteiger partial charge is 0.491 e. The summed E-state index contributed by atoms with van der Waals surface area (Å²) >= 11 is 14.9. The molecular formula is C98H114Cl2N10O39P+. The summed E-state index contributed by atoms with van der Waals surface area (Å²) in [6.07, 6.45) is -29.3. The summed E-state index contributed by atoms with van der Waals surface area (Å²) < 4.78 is 72.4. The van der Waals surface area contributed by atoms with Gasteiger partial charge in [0.15, 0.2) is 47.8 Å². The Labute approximate surface area is 864 Å². The predicted octanol–water partition coefficient (Wildman–Crippen LogP) is 1.32. The highest BCUT2D eigenvalue weighted by Crippen LogP contribution is 2.52. The van der Waals surface area contributed by atoms with Crippen LogP contribution in [-0.4, -0.2) is 283 Å². The van der Waals surface area contributed by atoms with Crippen molar-refractivity contribution in [3.05, 3.63) is 164 Å². The second kappa shape index (κ2) is 49.6. The number of aliphatic hydroxyl groups is 10. The predicted molar refractivity (Wildman–Crippen MR) is 516 cm³/mol. The van der Waals surface area contributed by atoms with Crippen LogP contribution in [0.1, 0.15) is 168 Å². The van der Waals surface area contributed by atoms with Gasteiger partial charge in [-0.05, 0) is 135 Å². The molecule has 16 rings (SSSR count). The summed E-state index contributed by atoms with van der Waals surface area (Å²) in [7, 11) is -1.17. The lowest BCUT2D eigenvalue weighted by Crippen LogP contribution is -2.65. The number of aldehydes is 1. The number of phenols is 4. The minimum absolute atomic E-state index is 0.000420. The van der Waals surface area contributed by atoms with Crippen LogP contribution in [0, 0.1) is 11.3 Å². The van der Waals surface area contributed by atoms with Crippen LogP contribution in [0.2, 0.25) is 10.0 Å². The third kappa shape index (κ3) is 27.1. The van der Waals surface area contributed by atoms with Gasteiger partial charge in [-0.2, -0.15) is 4.89 Å². The van der Waals surface area contributed by atoms with E-state index >= 15 is 24.0 Å². The summed E-state index contributed by atoms with van der Waals surface area (Å²) in [6.45, 7) is 4.89. The molecule has 9 aliphatic rings. The molecule has 2 unspecified atom stereocenters. The van der Waals surface area contributed by atoms with Crippen molar-refractivity contribution in [1.82, 2.24) is 47.9 Å². The Kier molecular flexibility index (Phi) is 37.6. The van der Waals surface area contributed by atoms with E-state index in [9.17, 15) is 110 Å². The van der Waals surface area contributed by atoms with E-state index in [1.807, 2.05) is 0 Å². The number of halogens is 2. The van der Waals surface area contributed by atoms with Crippen LogP contribution >= 0.6 is 31.9 Å². The number of ether oxygens (including phenoxy) is 10. The van der Waals surface area contributed by atoms with E-state index < -0.39 is 372 Å². The van der Waals surface area contributed by atoms with Crippen LogP contribution in [0.25, 0.3) is 11.1 Å². The number of phenolic OH excluding ortho intramolecular Hbond substituents is 4. The molecule has 0 spiro atoms. The van der Waals surface area contributed by atoms with Gasteiger partial charge < -0.3 is 178 Å². The van der Waals surface area contributed by atoms with E-state index in [2.05, 4.69) is 61.7 Å². The number of carbonyl (C=O) groups excluding carboxylic acids is 11. The highest BCUT2D eigenvalue weighted by Gasteiger charge is 2.53. The lowest BCUT2D eigenvalue weighted by atomic mass is 9.85. The largest absolute Gasteiger partial charge is 0.508 e. The van der Waals surface area contributed by atoms with Gasteiger partial charge in [0.1, 0.15) is 162 Å². The molecule has 3 fully saturated rings. The number of hydrogen-bond acceptors (Lipinski definition) is 38. The van der Waals surface area contributed by atoms with Crippen molar-refractivity contribution < 1.29 is 191 Å². The molecule has 27 N–H and O–H groups in total. The Bertz CT molecular complexity index is 6210. The molecule has 0 radical (unpaired) electrons. The molecule has 9 aliphatic heterocycles. The average molecular weight is 2160 g/mol. The maximum absolute atomic E-state index is 17.2. The summed E-state index contributed by atoms with van der Waals surface area (Å²) in [4.78, 5) is 185. The summed E-state index contributed by atoms with van der Waals surface area (Å²) in [5.74, 6) is -22.0. The lowest BCUT2D eigenvalue weighted by molar-refractivity contribution is -0.284. The Morgan fingerprint density at radius 1 is 0.553 bits per heavy atom. The van der Waals surface area contributed by atoms with Gasteiger partial charge in [-0.25, -0.2) is 4.79 Å². The Hall–Kier alpha value is -13.4. The minimum Gasteiger partial charge on any atom is -0.508 e. The molecule has 7 aromatic carbocycles. The number of carbonyl (C=O) groups is 12. The number of aliphatic hydroxyl groups excluding tert-OH is 10. The zero-order chi connectivity index (χ0) is 109. The van der Waals surface area contributed by atoms with E-state index in [1.54, 1.807) is 0 Å². The Morgan fingerprint density at radius 2 is 1.11 bits per heavy atom. The van der Waals surface area contributed by atoms with Crippen molar-refractivity contribution in [3.8, 4) is 80.1 Å². The molecular weight excluding hydrogens is 2040 g/mol. The number of nitrogens with one attached hydrogen (secondary N) is 9. The number of nitrogens with two attached hydrogens (primary N) is 1. The van der Waals surface area contributed by atoms with Gasteiger partial charge in [0.25, 0.3) is 0 Å². The number of esters is 1. The average Bonchev–Trinajstić information content (AvgIpc) is 0.754. The fourth-order valence-electron chi connectivity index (χ4n) is 18.0. The topological polar surface area (TPSA) is 772 Å². The molecule has 17 bridgehead atoms. The normalized spacial score (nSPS) is 27.0. The fraction of sp³-hybridized carbons (Fsp3) is 0.449. The maximum atomic E-state index is 17.2. The number of aliphatic carboxylic acids is 1. The second-order valence-electron chi connectivity index (χ2n) is 37.8. The number of fused-ring (bicyclic) bond motifs is 14. The summed E-state index contributed by atoms with van der Waals surface area (Å²) in [5.41, 5.74) is 1.19. The van der Waals surface area contributed by atoms with Crippen molar-refractivity contribution in [2.75, 3.05) is 19.8 Å². The van der Waals surface area contributed by atoms with Crippen LogP contribution in [-0.2, 0) is 92.2 Å². The van der Waals surface area contributed by atoms with Crippen LogP contribution < -0.4 is 77.3 Å². The van der Waals surface area contributed by atoms with E-state index in [4.69, 9.17) is 85.8 Å². The van der Waals surface area contributed by atoms with Gasteiger partial charge in [0.05, 0.1) is 29.7 Å². The number of hydrogen-bond donors (Lipinski definition) is 26. The number of unbranched alkanes of at least 4 members (excludes halogenated alkanes) is 4. The number of carboxylic acids is 1. The highest BCUT2D eigenvalue weighted by atomic mass is 35.5. The first-order chi connectivity index (χ1) is 71.2. The Balaban J connectivity index is 0.00000617. The highest BCUT2D eigenvalue weighted by molar-refractivity contribution is 7.16. The van der Waals surface area contributed by atoms with Gasteiger partial charge in [-0.1, -0.05) is 107 Å². The van der Waals surface area contributed by atoms with Crippen molar-refractivity contribution in [1.29, 1.82) is 0 Å². The number of benzene rings is 7. The first-order valence-electron chi connectivity index (χ1n) is 47.2. The molecule has 0 aliphatic carbocycles. The third-order valence-electron chi connectivity index (χ3n) is 25.6. The molecule has 9 amide bonds. The first kappa shape index (κ1) is 114. The van der Waals surface area contributed by atoms with Crippen LogP contribution in [0.3, 0.4) is 0 Å². The molecule has 808 valence electrons. The third-order valence-corrected chi connectivity index (χ3v) is 26.2. The van der Waals surface area contributed by atoms with Crippen molar-refractivity contribution in [2.24, 2.45) is 17.1 Å². The van der Waals surface area contributed by atoms with Crippen molar-refractivity contribution in [3.63, 3.8) is 0 Å². The second-order valence-corrected chi connectivity index (χ2v) is 38.8. The number of aromatic hydroxyl groups is 4. The monoisotopic (exact) mass is 2160 g/mol. The SMILES string of the molecule is CC(=O)N[C@H]1[C@H](O[C@@H]2c3ccc(c(Cl)c3)Oc3cc4cc(c3O[C@@H]3O[C@H](COC(=O)CC(C)(C)CC(=O)NC(O)C=O)[C@@H](O)[C@H](O)[C@H]3NC(=O)CCCCCCCC(C)C)Oc3ccc(cc3Cl)C[C@H]3NC(=O)[C@H](N)c5ccc(O)c(c5)Oc5cc(O)cc(c5)[C@H](NC3=O)C(=O)N[C@H]4C(=O)N[C@H]3C(=O)N[C@@H]2C(=O)N[C@@H](C(=O)O)c2cc(O)cc(O[C@H]4O[C@H](CO)[C@@H](O)[C@H](O)[C@@H]4O)c2-c2cc3ccc2O)O[C@H](CO)[C@@H](O)[C@@H]1O.O=[PH+]O. The van der Waals surface area contributed by atoms with Gasteiger partial charge in [-0.3, -0.25) is 52.7 Å². The summed E-state index contributed by atoms with van der Waals surface area (Å²) in [5, 5.41) is 193. The maximum Gasteiger partial charge on any atom is 0.491 e. The molecule has 0 aromatic heterocycles. The van der Waals surface area contributed by atoms with E-state index in [0.29, 0.717) is 18.8 Å². The molecule has 9 heterocycles. The van der Waals surface area contributed by atoms with Crippen LogP contribution in [0.5, 0.6) is 69.0 Å². The minimum atomic E-state index is -2.64. The van der Waals surface area contributed by atoms with Gasteiger partial charge in [-0.15, -0.1) is 0 Å². The van der Waals surface area contributed by atoms with Crippen molar-refractivity contribution in [2.45, 2.75) is 245 Å². The molecule has 52 heteroatoms. The molecule has 0 saturated carbocycles. The number of carboxylic acid groups (broad SMARTS) is 1. The number of amides is 9. The van der Waals surface area contributed by atoms with Gasteiger partial charge in [0.2, 0.25) is 71.5 Å². The molecule has 3 saturated heterocycles.